The third-order valence-electron chi connectivity index (χ3n) is 5.00. The van der Waals surface area contributed by atoms with Gasteiger partial charge in [-0.25, -0.2) is 0 Å². The van der Waals surface area contributed by atoms with Crippen molar-refractivity contribution in [3.63, 3.8) is 0 Å². The smallest absolute Gasteiger partial charge is 0.328 e. The molecule has 146 valence electrons. The van der Waals surface area contributed by atoms with Gasteiger partial charge in [-0.05, 0) is 25.3 Å². The fraction of sp³-hybridized carbons (Fsp3) is 0.381. The Labute approximate surface area is 160 Å². The minimum absolute atomic E-state index is 0.244. The highest BCUT2D eigenvalue weighted by Gasteiger charge is 2.46. The normalized spacial score (nSPS) is 14.6. The Kier molecular flexibility index (Phi) is 6.77. The Hall–Kier alpha value is -1.78. The van der Waals surface area contributed by atoms with E-state index in [4.69, 9.17) is 4.74 Å². The molecule has 27 heavy (non-hydrogen) atoms. The van der Waals surface area contributed by atoms with Crippen molar-refractivity contribution in [2.45, 2.75) is 44.8 Å². The molecular formula is C21H27O5P. The van der Waals surface area contributed by atoms with Crippen LogP contribution in [-0.4, -0.2) is 27.3 Å². The lowest BCUT2D eigenvalue weighted by atomic mass is 9.85. The van der Waals surface area contributed by atoms with Gasteiger partial charge >= 0.3 is 7.60 Å². The van der Waals surface area contributed by atoms with Crippen LogP contribution in [0.15, 0.2) is 60.7 Å². The third-order valence-corrected chi connectivity index (χ3v) is 5.99. The van der Waals surface area contributed by atoms with Gasteiger partial charge in [-0.15, -0.1) is 0 Å². The van der Waals surface area contributed by atoms with E-state index in [2.05, 4.69) is 0 Å². The summed E-state index contributed by atoms with van der Waals surface area (Å²) < 4.78 is 18.1. The van der Waals surface area contributed by atoms with Gasteiger partial charge in [0.15, 0.2) is 11.4 Å². The maximum Gasteiger partial charge on any atom is 0.328 e. The Morgan fingerprint density at radius 2 is 1.44 bits per heavy atom. The van der Waals surface area contributed by atoms with Crippen molar-refractivity contribution in [1.82, 2.24) is 0 Å². The summed E-state index contributed by atoms with van der Waals surface area (Å²) >= 11 is 0. The zero-order valence-corrected chi connectivity index (χ0v) is 16.9. The monoisotopic (exact) mass is 390 g/mol. The molecule has 0 aliphatic carbocycles. The first-order valence-electron chi connectivity index (χ1n) is 9.06. The number of carbonyl (C=O) groups is 1. The highest BCUT2D eigenvalue weighted by molar-refractivity contribution is 7.51. The summed E-state index contributed by atoms with van der Waals surface area (Å²) in [7, 11) is -4.34. The molecule has 0 saturated carbocycles. The van der Waals surface area contributed by atoms with Gasteiger partial charge in [0.25, 0.3) is 0 Å². The van der Waals surface area contributed by atoms with Crippen LogP contribution in [0.25, 0.3) is 0 Å². The Bertz CT molecular complexity index is 796. The zero-order valence-electron chi connectivity index (χ0n) is 16.0. The van der Waals surface area contributed by atoms with E-state index in [-0.39, 0.29) is 5.78 Å². The summed E-state index contributed by atoms with van der Waals surface area (Å²) in [5.41, 5.74) is -1.35. The molecule has 0 spiro atoms. The van der Waals surface area contributed by atoms with Gasteiger partial charge in [0.1, 0.15) is 0 Å². The number of rotatable bonds is 9. The fourth-order valence-corrected chi connectivity index (χ4v) is 4.58. The fourth-order valence-electron chi connectivity index (χ4n) is 3.32. The number of carbonyl (C=O) groups excluding carboxylic acids is 1. The molecule has 1 unspecified atom stereocenters. The quantitative estimate of drug-likeness (QED) is 0.485. The summed E-state index contributed by atoms with van der Waals surface area (Å²) in [5, 5.41) is 0. The number of ether oxygens (including phenoxy) is 1. The molecule has 1 atom stereocenters. The van der Waals surface area contributed by atoms with Gasteiger partial charge in [0.2, 0.25) is 0 Å². The molecule has 0 aliphatic heterocycles. The van der Waals surface area contributed by atoms with Crippen LogP contribution >= 0.6 is 7.60 Å². The summed E-state index contributed by atoms with van der Waals surface area (Å²) in [6, 6.07) is 17.9. The molecule has 6 heteroatoms. The molecule has 2 aromatic rings. The summed E-state index contributed by atoms with van der Waals surface area (Å²) in [5.74, 6) is -0.244. The molecule has 0 amide bonds. The van der Waals surface area contributed by atoms with E-state index in [9.17, 15) is 19.1 Å². The molecule has 2 aromatic carbocycles. The second-order valence-corrected chi connectivity index (χ2v) is 8.55. The third kappa shape index (κ3) is 5.14. The average Bonchev–Trinajstić information content (AvgIpc) is 2.67. The molecule has 0 radical (unpaired) electrons. The number of ketones is 1. The molecule has 2 N–H and O–H groups in total. The maximum atomic E-state index is 13.4. The van der Waals surface area contributed by atoms with Crippen molar-refractivity contribution >= 4 is 13.4 Å². The van der Waals surface area contributed by atoms with E-state index >= 15 is 0 Å². The van der Waals surface area contributed by atoms with Crippen molar-refractivity contribution in [3.05, 3.63) is 71.8 Å². The van der Waals surface area contributed by atoms with E-state index in [0.717, 1.165) is 0 Å². The van der Waals surface area contributed by atoms with Crippen LogP contribution < -0.4 is 0 Å². The molecule has 0 saturated heterocycles. The highest BCUT2D eigenvalue weighted by atomic mass is 31.2. The molecule has 0 fully saturated rings. The van der Waals surface area contributed by atoms with Crippen molar-refractivity contribution in [3.8, 4) is 0 Å². The van der Waals surface area contributed by atoms with Crippen molar-refractivity contribution in [2.24, 2.45) is 0 Å². The standard InChI is InChI=1S/C21H27O5P/c1-4-21(5-2,16-27(23,24)25)26-20(3,18-14-10-7-11-15-18)19(22)17-12-8-6-9-13-17/h6-15H,4-5,16H2,1-3H3,(H2,23,24,25). The first-order valence-corrected chi connectivity index (χ1v) is 10.9. The van der Waals surface area contributed by atoms with E-state index in [0.29, 0.717) is 24.0 Å². The molecule has 0 bridgehead atoms. The number of hydrogen-bond donors (Lipinski definition) is 2. The number of benzene rings is 2. The van der Waals surface area contributed by atoms with Crippen molar-refractivity contribution in [1.29, 1.82) is 0 Å². The first kappa shape index (κ1) is 21.5. The highest BCUT2D eigenvalue weighted by Crippen LogP contribution is 2.46. The van der Waals surface area contributed by atoms with Gasteiger partial charge < -0.3 is 14.5 Å². The van der Waals surface area contributed by atoms with Gasteiger partial charge in [0, 0.05) is 5.56 Å². The van der Waals surface area contributed by atoms with E-state index in [1.54, 1.807) is 43.3 Å². The van der Waals surface area contributed by atoms with Crippen LogP contribution in [0, 0.1) is 0 Å². The Morgan fingerprint density at radius 3 is 1.89 bits per heavy atom. The van der Waals surface area contributed by atoms with E-state index < -0.39 is 25.0 Å². The lowest BCUT2D eigenvalue weighted by Gasteiger charge is -2.41. The van der Waals surface area contributed by atoms with Gasteiger partial charge in [-0.1, -0.05) is 74.5 Å². The van der Waals surface area contributed by atoms with Crippen LogP contribution in [0.3, 0.4) is 0 Å². The van der Waals surface area contributed by atoms with E-state index in [1.165, 1.54) is 0 Å². The van der Waals surface area contributed by atoms with Gasteiger partial charge in [-0.2, -0.15) is 0 Å². The summed E-state index contributed by atoms with van der Waals surface area (Å²) in [6.07, 6.45) is 0.315. The summed E-state index contributed by atoms with van der Waals surface area (Å²) in [6.45, 7) is 5.31. The first-order chi connectivity index (χ1) is 12.7. The largest absolute Gasteiger partial charge is 0.355 e. The molecule has 5 nitrogen and oxygen atoms in total. The summed E-state index contributed by atoms with van der Waals surface area (Å²) in [4.78, 5) is 32.6. The van der Waals surface area contributed by atoms with Crippen molar-refractivity contribution in [2.75, 3.05) is 6.16 Å². The van der Waals surface area contributed by atoms with Crippen LogP contribution in [0.2, 0.25) is 0 Å². The Balaban J connectivity index is 2.56. The second kappa shape index (κ2) is 8.49. The van der Waals surface area contributed by atoms with Crippen LogP contribution in [0.4, 0.5) is 0 Å². The molecule has 0 heterocycles. The van der Waals surface area contributed by atoms with E-state index in [1.807, 2.05) is 38.1 Å². The molecule has 2 rings (SSSR count). The van der Waals surface area contributed by atoms with Gasteiger partial charge in [-0.3, -0.25) is 9.36 Å². The lowest BCUT2D eigenvalue weighted by Crippen LogP contribution is -2.47. The minimum Gasteiger partial charge on any atom is -0.355 e. The van der Waals surface area contributed by atoms with Crippen molar-refractivity contribution < 1.29 is 23.9 Å². The van der Waals surface area contributed by atoms with Crippen LogP contribution in [-0.2, 0) is 14.9 Å². The number of hydrogen-bond acceptors (Lipinski definition) is 3. The lowest BCUT2D eigenvalue weighted by molar-refractivity contribution is -0.125. The molecular weight excluding hydrogens is 363 g/mol. The topological polar surface area (TPSA) is 83.8 Å². The average molecular weight is 390 g/mol. The zero-order chi connectivity index (χ0) is 20.1. The maximum absolute atomic E-state index is 13.4. The predicted molar refractivity (Wildman–Crippen MR) is 106 cm³/mol. The molecule has 0 aliphatic rings. The Morgan fingerprint density at radius 1 is 0.963 bits per heavy atom. The van der Waals surface area contributed by atoms with Crippen LogP contribution in [0.5, 0.6) is 0 Å². The van der Waals surface area contributed by atoms with Crippen LogP contribution in [0.1, 0.15) is 49.5 Å². The second-order valence-electron chi connectivity index (χ2n) is 6.91. The van der Waals surface area contributed by atoms with Gasteiger partial charge in [0.05, 0.1) is 11.8 Å². The number of Topliss-reactive ketones (excluding diaryl/α,β-unsaturated/α-hetero) is 1. The SMILES string of the molecule is CCC(CC)(CP(=O)(O)O)OC(C)(C(=O)c1ccccc1)c1ccccc1. The predicted octanol–water partition coefficient (Wildman–Crippen LogP) is 4.54. The molecule has 0 aromatic heterocycles. The minimum atomic E-state index is -4.34.